The van der Waals surface area contributed by atoms with E-state index in [0.29, 0.717) is 23.7 Å². The van der Waals surface area contributed by atoms with Crippen LogP contribution in [0.5, 0.6) is 0 Å². The highest BCUT2D eigenvalue weighted by atomic mass is 35.5. The van der Waals surface area contributed by atoms with Crippen LogP contribution in [0.4, 0.5) is 11.4 Å². The van der Waals surface area contributed by atoms with Gasteiger partial charge in [-0.2, -0.15) is 0 Å². The van der Waals surface area contributed by atoms with Gasteiger partial charge in [-0.15, -0.1) is 0 Å². The molecule has 9 heteroatoms. The van der Waals surface area contributed by atoms with Gasteiger partial charge in [0.15, 0.2) is 6.10 Å². The van der Waals surface area contributed by atoms with E-state index in [-0.39, 0.29) is 16.9 Å². The lowest BCUT2D eigenvalue weighted by atomic mass is 10.1. The molecule has 8 nitrogen and oxygen atoms in total. The molecule has 0 unspecified atom stereocenters. The van der Waals surface area contributed by atoms with E-state index in [2.05, 4.69) is 5.32 Å². The fraction of sp³-hybridized carbons (Fsp3) is 0.263. The second kappa shape index (κ2) is 9.82. The molecule has 0 radical (unpaired) electrons. The molecule has 0 amide bonds. The molecule has 0 spiro atoms. The van der Waals surface area contributed by atoms with Gasteiger partial charge in [0.25, 0.3) is 5.69 Å². The molecule has 1 atom stereocenters. The number of nitro benzene ring substituents is 1. The molecule has 0 aromatic heterocycles. The van der Waals surface area contributed by atoms with E-state index < -0.39 is 22.8 Å². The number of carbonyl (C=O) groups excluding carboxylic acids is 2. The van der Waals surface area contributed by atoms with Crippen LogP contribution in [0.2, 0.25) is 5.02 Å². The number of hydrogen-bond donors (Lipinski definition) is 1. The van der Waals surface area contributed by atoms with Crippen molar-refractivity contribution in [3.05, 3.63) is 68.7 Å². The van der Waals surface area contributed by atoms with Crippen molar-refractivity contribution in [2.45, 2.75) is 13.0 Å². The third kappa shape index (κ3) is 5.51. The first-order valence-corrected chi connectivity index (χ1v) is 8.73. The minimum atomic E-state index is -1.06. The van der Waals surface area contributed by atoms with Gasteiger partial charge in [0.1, 0.15) is 5.69 Å². The van der Waals surface area contributed by atoms with Crippen LogP contribution in [0.15, 0.2) is 42.5 Å². The zero-order valence-electron chi connectivity index (χ0n) is 15.3. The smallest absolute Gasteiger partial charge is 0.339 e. The summed E-state index contributed by atoms with van der Waals surface area (Å²) in [5.74, 6) is -1.24. The standard InChI is InChI=1S/C19H19ClN2O6/c1-12(18(23)13-3-6-15(20)7-4-13)28-19(24)14-5-8-16(21-9-10-27-2)17(11-14)22(25)26/h3-8,11-12,21H,9-10H2,1-2H3/t12-/m0/s1. The second-order valence-electron chi connectivity index (χ2n) is 5.83. The summed E-state index contributed by atoms with van der Waals surface area (Å²) in [4.78, 5) is 35.4. The lowest BCUT2D eigenvalue weighted by Crippen LogP contribution is -2.24. The van der Waals surface area contributed by atoms with Crippen LogP contribution in [0.25, 0.3) is 0 Å². The van der Waals surface area contributed by atoms with Crippen LogP contribution >= 0.6 is 11.6 Å². The Labute approximate surface area is 166 Å². The number of anilines is 1. The molecule has 0 bridgehead atoms. The van der Waals surface area contributed by atoms with Crippen LogP contribution in [0, 0.1) is 10.1 Å². The SMILES string of the molecule is COCCNc1ccc(C(=O)O[C@@H](C)C(=O)c2ccc(Cl)cc2)cc1[N+](=O)[O-]. The zero-order chi connectivity index (χ0) is 20.7. The van der Waals surface area contributed by atoms with E-state index in [1.54, 1.807) is 12.1 Å². The maximum atomic E-state index is 12.3. The number of nitrogens with zero attached hydrogens (tertiary/aromatic N) is 1. The van der Waals surface area contributed by atoms with Gasteiger partial charge < -0.3 is 14.8 Å². The van der Waals surface area contributed by atoms with E-state index in [4.69, 9.17) is 21.1 Å². The van der Waals surface area contributed by atoms with E-state index in [1.807, 2.05) is 0 Å². The predicted molar refractivity (Wildman–Crippen MR) is 104 cm³/mol. The van der Waals surface area contributed by atoms with Gasteiger partial charge in [0.2, 0.25) is 5.78 Å². The normalized spacial score (nSPS) is 11.5. The van der Waals surface area contributed by atoms with Crippen LogP contribution in [-0.4, -0.2) is 43.0 Å². The van der Waals surface area contributed by atoms with Crippen LogP contribution in [-0.2, 0) is 9.47 Å². The van der Waals surface area contributed by atoms with Crippen molar-refractivity contribution in [2.75, 3.05) is 25.6 Å². The number of methoxy groups -OCH3 is 1. The third-order valence-corrected chi connectivity index (χ3v) is 4.09. The van der Waals surface area contributed by atoms with Gasteiger partial charge in [-0.1, -0.05) is 11.6 Å². The Balaban J connectivity index is 2.12. The Hall–Kier alpha value is -2.97. The second-order valence-corrected chi connectivity index (χ2v) is 6.26. The first-order valence-electron chi connectivity index (χ1n) is 8.35. The minimum absolute atomic E-state index is 0.0280. The summed E-state index contributed by atoms with van der Waals surface area (Å²) in [6.07, 6.45) is -1.06. The summed E-state index contributed by atoms with van der Waals surface area (Å²) in [6.45, 7) is 2.17. The van der Waals surface area contributed by atoms with Gasteiger partial charge >= 0.3 is 5.97 Å². The molecule has 0 aliphatic carbocycles. The zero-order valence-corrected chi connectivity index (χ0v) is 16.1. The maximum absolute atomic E-state index is 12.3. The van der Waals surface area contributed by atoms with Crippen molar-refractivity contribution in [2.24, 2.45) is 0 Å². The third-order valence-electron chi connectivity index (χ3n) is 3.83. The molecule has 1 N–H and O–H groups in total. The molecule has 2 aromatic rings. The van der Waals surface area contributed by atoms with Crippen molar-refractivity contribution in [1.29, 1.82) is 0 Å². The van der Waals surface area contributed by atoms with Crippen LogP contribution < -0.4 is 5.32 Å². The number of nitro groups is 1. The number of Topliss-reactive ketones (excluding diaryl/α,β-unsaturated/α-hetero) is 1. The van der Waals surface area contributed by atoms with Crippen molar-refractivity contribution in [3.63, 3.8) is 0 Å². The molecule has 148 valence electrons. The summed E-state index contributed by atoms with van der Waals surface area (Å²) in [7, 11) is 1.52. The van der Waals surface area contributed by atoms with Gasteiger partial charge in [-0.25, -0.2) is 4.79 Å². The summed E-state index contributed by atoms with van der Waals surface area (Å²) in [5, 5.41) is 14.6. The summed E-state index contributed by atoms with van der Waals surface area (Å²) in [5.41, 5.74) is 0.291. The number of ether oxygens (including phenoxy) is 2. The van der Waals surface area contributed by atoms with Crippen molar-refractivity contribution >= 4 is 34.7 Å². The number of hydrogen-bond acceptors (Lipinski definition) is 7. The number of rotatable bonds is 9. The largest absolute Gasteiger partial charge is 0.451 e. The summed E-state index contributed by atoms with van der Waals surface area (Å²) >= 11 is 5.79. The predicted octanol–water partition coefficient (Wildman–Crippen LogP) is 3.73. The number of halogens is 1. The molecule has 28 heavy (non-hydrogen) atoms. The van der Waals surface area contributed by atoms with Gasteiger partial charge in [-0.05, 0) is 43.3 Å². The molecule has 0 aliphatic heterocycles. The summed E-state index contributed by atoms with van der Waals surface area (Å²) in [6, 6.07) is 10.1. The van der Waals surface area contributed by atoms with Crippen molar-refractivity contribution in [1.82, 2.24) is 0 Å². The number of ketones is 1. The van der Waals surface area contributed by atoms with Crippen LogP contribution in [0.3, 0.4) is 0 Å². The van der Waals surface area contributed by atoms with Crippen LogP contribution in [0.1, 0.15) is 27.6 Å². The number of esters is 1. The molecule has 0 saturated heterocycles. The van der Waals surface area contributed by atoms with E-state index in [9.17, 15) is 19.7 Å². The Morgan fingerprint density at radius 3 is 2.43 bits per heavy atom. The van der Waals surface area contributed by atoms with Gasteiger partial charge in [0.05, 0.1) is 17.1 Å². The highest BCUT2D eigenvalue weighted by molar-refractivity contribution is 6.30. The Morgan fingerprint density at radius 2 is 1.82 bits per heavy atom. The molecule has 0 aliphatic rings. The van der Waals surface area contributed by atoms with Gasteiger partial charge in [-0.3, -0.25) is 14.9 Å². The fourth-order valence-corrected chi connectivity index (χ4v) is 2.50. The summed E-state index contributed by atoms with van der Waals surface area (Å²) < 4.78 is 10.1. The molecular weight excluding hydrogens is 388 g/mol. The topological polar surface area (TPSA) is 108 Å². The maximum Gasteiger partial charge on any atom is 0.339 e. The highest BCUT2D eigenvalue weighted by Crippen LogP contribution is 2.26. The molecule has 2 aromatic carbocycles. The highest BCUT2D eigenvalue weighted by Gasteiger charge is 2.23. The molecule has 0 saturated carbocycles. The number of benzene rings is 2. The minimum Gasteiger partial charge on any atom is -0.451 e. The fourth-order valence-electron chi connectivity index (χ4n) is 2.38. The average molecular weight is 407 g/mol. The lowest BCUT2D eigenvalue weighted by molar-refractivity contribution is -0.384. The van der Waals surface area contributed by atoms with Crippen molar-refractivity contribution < 1.29 is 24.0 Å². The lowest BCUT2D eigenvalue weighted by Gasteiger charge is -2.13. The van der Waals surface area contributed by atoms with E-state index >= 15 is 0 Å². The molecular formula is C19H19ClN2O6. The molecule has 0 heterocycles. The van der Waals surface area contributed by atoms with Gasteiger partial charge in [0, 0.05) is 30.3 Å². The van der Waals surface area contributed by atoms with Crippen molar-refractivity contribution in [3.8, 4) is 0 Å². The Morgan fingerprint density at radius 1 is 1.18 bits per heavy atom. The first kappa shape index (κ1) is 21.3. The average Bonchev–Trinajstić information content (AvgIpc) is 2.68. The number of carbonyl (C=O) groups is 2. The monoisotopic (exact) mass is 406 g/mol. The molecule has 2 rings (SSSR count). The van der Waals surface area contributed by atoms with E-state index in [1.165, 1.54) is 38.3 Å². The first-order chi connectivity index (χ1) is 13.3. The Bertz CT molecular complexity index is 869. The quantitative estimate of drug-likeness (QED) is 0.222. The number of nitrogens with one attached hydrogen (secondary N) is 1. The molecule has 0 fully saturated rings. The van der Waals surface area contributed by atoms with E-state index in [0.717, 1.165) is 6.07 Å². The Kier molecular flexibility index (Phi) is 7.48.